The van der Waals surface area contributed by atoms with E-state index in [9.17, 15) is 9.59 Å². The Kier molecular flexibility index (Phi) is 21.8. The number of rotatable bonds is 16. The van der Waals surface area contributed by atoms with Gasteiger partial charge in [-0.15, -0.1) is 0 Å². The zero-order valence-electron chi connectivity index (χ0n) is 32.6. The molecule has 6 N–H and O–H groups in total. The Balaban J connectivity index is 0.000000581. The molecular formula is C41H64N8O2. The molecule has 0 radical (unpaired) electrons. The maximum Gasteiger partial charge on any atom is 0.231 e. The third-order valence-electron chi connectivity index (χ3n) is 8.37. The topological polar surface area (TPSA) is 142 Å². The second kappa shape index (κ2) is 25.1. The first-order valence-electron chi connectivity index (χ1n) is 18.0. The highest BCUT2D eigenvalue weighted by Gasteiger charge is 2.18. The molecule has 51 heavy (non-hydrogen) atoms. The third-order valence-corrected chi connectivity index (χ3v) is 8.37. The number of nitrogens with two attached hydrogens (primary N) is 2. The quantitative estimate of drug-likeness (QED) is 0.110. The minimum Gasteiger partial charge on any atom is -0.405 e. The molecule has 1 fully saturated rings. The van der Waals surface area contributed by atoms with Gasteiger partial charge in [0.05, 0.1) is 24.2 Å². The van der Waals surface area contributed by atoms with E-state index in [2.05, 4.69) is 70.6 Å². The fraction of sp³-hybridized carbons (Fsp3) is 0.463. The number of carbonyl (C=O) groups is 2. The fourth-order valence-corrected chi connectivity index (χ4v) is 5.58. The summed E-state index contributed by atoms with van der Waals surface area (Å²) >= 11 is 0. The van der Waals surface area contributed by atoms with Crippen LogP contribution in [0.25, 0.3) is 0 Å². The van der Waals surface area contributed by atoms with Crippen molar-refractivity contribution < 1.29 is 9.59 Å². The lowest BCUT2D eigenvalue weighted by Crippen LogP contribution is -2.29. The van der Waals surface area contributed by atoms with Crippen molar-refractivity contribution in [3.63, 3.8) is 0 Å². The molecule has 1 heterocycles. The summed E-state index contributed by atoms with van der Waals surface area (Å²) in [6, 6.07) is 3.74. The van der Waals surface area contributed by atoms with Gasteiger partial charge in [0.15, 0.2) is 0 Å². The molecule has 1 aromatic rings. The van der Waals surface area contributed by atoms with Crippen LogP contribution in [0.1, 0.15) is 84.8 Å². The molecular weight excluding hydrogens is 637 g/mol. The van der Waals surface area contributed by atoms with E-state index in [-0.39, 0.29) is 24.1 Å². The van der Waals surface area contributed by atoms with E-state index >= 15 is 0 Å². The van der Waals surface area contributed by atoms with Crippen molar-refractivity contribution >= 4 is 23.2 Å². The van der Waals surface area contributed by atoms with Gasteiger partial charge in [0.25, 0.3) is 0 Å². The lowest BCUT2D eigenvalue weighted by molar-refractivity contribution is -0.120. The summed E-state index contributed by atoms with van der Waals surface area (Å²) in [6.07, 6.45) is 27.1. The number of likely N-dealkylation sites (N-methyl/N-ethyl adjacent to an activating group) is 1. The molecule has 0 saturated heterocycles. The van der Waals surface area contributed by atoms with Crippen LogP contribution in [0.15, 0.2) is 106 Å². The molecule has 0 unspecified atom stereocenters. The lowest BCUT2D eigenvalue weighted by atomic mass is 9.85. The third kappa shape index (κ3) is 17.1. The minimum absolute atomic E-state index is 0.0121. The van der Waals surface area contributed by atoms with Gasteiger partial charge < -0.3 is 31.9 Å². The van der Waals surface area contributed by atoms with Gasteiger partial charge >= 0.3 is 0 Å². The number of nitrogens with zero attached hydrogens (tertiary/aromatic N) is 4. The number of hydrogen-bond acceptors (Lipinski definition) is 8. The van der Waals surface area contributed by atoms with Crippen molar-refractivity contribution in [1.82, 2.24) is 20.5 Å². The van der Waals surface area contributed by atoms with Crippen LogP contribution in [-0.4, -0.2) is 62.6 Å². The summed E-state index contributed by atoms with van der Waals surface area (Å²) in [7, 11) is 9.72. The van der Waals surface area contributed by atoms with E-state index in [4.69, 9.17) is 11.5 Å². The average Bonchev–Trinajstić information content (AvgIpc) is 3.11. The van der Waals surface area contributed by atoms with Crippen LogP contribution in [0.5, 0.6) is 0 Å². The van der Waals surface area contributed by atoms with Gasteiger partial charge in [-0.2, -0.15) is 0 Å². The van der Waals surface area contributed by atoms with Gasteiger partial charge in [0, 0.05) is 64.5 Å². The number of aliphatic imine (C=N–C) groups is 1. The highest BCUT2D eigenvalue weighted by molar-refractivity contribution is 5.97. The van der Waals surface area contributed by atoms with Crippen molar-refractivity contribution in [2.24, 2.45) is 22.4 Å². The maximum atomic E-state index is 13.1. The Morgan fingerprint density at radius 1 is 1.02 bits per heavy atom. The fourth-order valence-electron chi connectivity index (χ4n) is 5.58. The molecule has 10 heteroatoms. The van der Waals surface area contributed by atoms with Gasteiger partial charge in [0.1, 0.15) is 5.82 Å². The number of allylic oxidation sites excluding steroid dienone is 10. The predicted octanol–water partition coefficient (Wildman–Crippen LogP) is 6.82. The number of carbonyl (C=O) groups excluding carboxylic acids is 2. The first-order valence-corrected chi connectivity index (χ1v) is 18.0. The van der Waals surface area contributed by atoms with Gasteiger partial charge in [-0.3, -0.25) is 19.6 Å². The molecule has 1 aromatic heterocycles. The number of nitrogens with one attached hydrogen (secondary N) is 2. The van der Waals surface area contributed by atoms with Gasteiger partial charge in [-0.1, -0.05) is 51.3 Å². The molecule has 10 nitrogen and oxygen atoms in total. The molecule has 0 bridgehead atoms. The van der Waals surface area contributed by atoms with Crippen LogP contribution < -0.4 is 27.0 Å². The molecule has 0 spiro atoms. The Hall–Kier alpha value is -4.86. The smallest absolute Gasteiger partial charge is 0.231 e. The van der Waals surface area contributed by atoms with E-state index in [0.29, 0.717) is 18.0 Å². The first kappa shape index (κ1) is 44.2. The second-order valence-electron chi connectivity index (χ2n) is 12.8. The SMILES string of the molecule is CN(C)c1cccnc1CC(=O)N/C(N)=C/C=C\N.C\C=C/C=C(\C(=C\CC)CC(=O)NC(/C=C\C(=NC)C1CCCCC1)=C(/C)CC)N(C)C. The largest absolute Gasteiger partial charge is 0.405 e. The number of amides is 2. The Morgan fingerprint density at radius 3 is 2.29 bits per heavy atom. The number of hydrogen-bond donors (Lipinski definition) is 4. The highest BCUT2D eigenvalue weighted by atomic mass is 16.2. The van der Waals surface area contributed by atoms with Crippen LogP contribution in [0.3, 0.4) is 0 Å². The number of pyridine rings is 1. The van der Waals surface area contributed by atoms with Crippen molar-refractivity contribution in [2.75, 3.05) is 40.1 Å². The predicted molar refractivity (Wildman–Crippen MR) is 216 cm³/mol. The molecule has 2 amide bonds. The molecule has 0 aromatic carbocycles. The van der Waals surface area contributed by atoms with Crippen LogP contribution in [0.4, 0.5) is 5.69 Å². The summed E-state index contributed by atoms with van der Waals surface area (Å²) < 4.78 is 0. The van der Waals surface area contributed by atoms with Crippen LogP contribution in [-0.2, 0) is 16.0 Å². The minimum atomic E-state index is -0.221. The average molecular weight is 701 g/mol. The molecule has 1 saturated carbocycles. The van der Waals surface area contributed by atoms with Crippen molar-refractivity contribution in [3.8, 4) is 0 Å². The zero-order chi connectivity index (χ0) is 38.2. The van der Waals surface area contributed by atoms with E-state index in [1.165, 1.54) is 50.0 Å². The van der Waals surface area contributed by atoms with E-state index in [1.807, 2.05) is 71.3 Å². The summed E-state index contributed by atoms with van der Waals surface area (Å²) in [5, 5.41) is 5.75. The summed E-state index contributed by atoms with van der Waals surface area (Å²) in [5.41, 5.74) is 17.7. The van der Waals surface area contributed by atoms with E-state index < -0.39 is 0 Å². The summed E-state index contributed by atoms with van der Waals surface area (Å²) in [6.45, 7) is 8.31. The highest BCUT2D eigenvalue weighted by Crippen LogP contribution is 2.26. The van der Waals surface area contributed by atoms with E-state index in [1.54, 1.807) is 12.3 Å². The number of aromatic nitrogens is 1. The van der Waals surface area contributed by atoms with Gasteiger partial charge in [-0.05, 0) is 99.4 Å². The summed E-state index contributed by atoms with van der Waals surface area (Å²) in [5.74, 6) is 0.579. The molecule has 2 rings (SSSR count). The molecule has 0 atom stereocenters. The standard InChI is InChI=1S/C28H45N3O.C13H19N5O/c1-8-11-18-27(31(6)7)24(15-9-2)21-28(32)30-25(22(4)10-3)19-20-26(29-5)23-16-13-12-14-17-23;1-18(2)11-5-4-8-16-10(11)9-13(19)17-12(15)6-3-7-14/h8,11,15,18-20,23H,9-10,12-14,16-17,21H2,1-7H3,(H,30,32);3-8H,9,14-15H2,1-2H3,(H,17,19)/b11-8-,20-19-,24-15+,25-22-,27-18+,29-26?;7-3-,12-6+. The van der Waals surface area contributed by atoms with Crippen LogP contribution in [0.2, 0.25) is 0 Å². The van der Waals surface area contributed by atoms with Crippen LogP contribution in [0, 0.1) is 5.92 Å². The van der Waals surface area contributed by atoms with Crippen molar-refractivity contribution in [2.45, 2.75) is 85.5 Å². The summed E-state index contributed by atoms with van der Waals surface area (Å²) in [4.78, 5) is 37.6. The maximum absolute atomic E-state index is 13.1. The van der Waals surface area contributed by atoms with Crippen molar-refractivity contribution in [1.29, 1.82) is 0 Å². The monoisotopic (exact) mass is 701 g/mol. The second-order valence-corrected chi connectivity index (χ2v) is 12.8. The van der Waals surface area contributed by atoms with Gasteiger partial charge in [0.2, 0.25) is 11.8 Å². The molecule has 0 aliphatic heterocycles. The zero-order valence-corrected chi connectivity index (χ0v) is 32.6. The van der Waals surface area contributed by atoms with E-state index in [0.717, 1.165) is 41.2 Å². The number of anilines is 1. The van der Waals surface area contributed by atoms with Crippen molar-refractivity contribution in [3.05, 3.63) is 107 Å². The van der Waals surface area contributed by atoms with Gasteiger partial charge in [-0.25, -0.2) is 0 Å². The normalized spacial score (nSPS) is 15.5. The molecule has 1 aliphatic carbocycles. The Labute approximate surface area is 307 Å². The lowest BCUT2D eigenvalue weighted by Gasteiger charge is -2.22. The first-order chi connectivity index (χ1) is 24.4. The Morgan fingerprint density at radius 2 is 1.73 bits per heavy atom. The molecule has 1 aliphatic rings. The van der Waals surface area contributed by atoms with Crippen LogP contribution >= 0.6 is 0 Å². The Bertz CT molecular complexity index is 1490. The molecule has 280 valence electrons.